The van der Waals surface area contributed by atoms with E-state index in [4.69, 9.17) is 27.9 Å². The molecule has 0 aliphatic heterocycles. The summed E-state index contributed by atoms with van der Waals surface area (Å²) in [6.45, 7) is 1.80. The molecule has 0 saturated heterocycles. The predicted octanol–water partition coefficient (Wildman–Crippen LogP) is 4.97. The molecule has 140 valence electrons. The number of nitrogens with zero attached hydrogens (tertiary/aromatic N) is 1. The number of hydrogen-bond donors (Lipinski definition) is 1. The third kappa shape index (κ3) is 4.99. The Morgan fingerprint density at radius 1 is 1.04 bits per heavy atom. The first-order valence-corrected chi connectivity index (χ1v) is 10.2. The zero-order valence-electron chi connectivity index (χ0n) is 14.3. The maximum absolute atomic E-state index is 12.6. The van der Waals surface area contributed by atoms with Crippen molar-refractivity contribution < 1.29 is 13.2 Å². The fourth-order valence-electron chi connectivity index (χ4n) is 2.34. The molecule has 0 aliphatic rings. The van der Waals surface area contributed by atoms with E-state index in [1.165, 1.54) is 12.1 Å². The molecule has 0 saturated carbocycles. The number of halogens is 2. The van der Waals surface area contributed by atoms with E-state index in [-0.39, 0.29) is 16.5 Å². The molecule has 0 radical (unpaired) electrons. The Morgan fingerprint density at radius 2 is 1.85 bits per heavy atom. The van der Waals surface area contributed by atoms with Crippen LogP contribution < -0.4 is 9.46 Å². The molecule has 3 aromatic rings. The van der Waals surface area contributed by atoms with Gasteiger partial charge in [0.15, 0.2) is 0 Å². The van der Waals surface area contributed by atoms with Gasteiger partial charge in [-0.1, -0.05) is 41.4 Å². The highest BCUT2D eigenvalue weighted by Gasteiger charge is 2.19. The van der Waals surface area contributed by atoms with Gasteiger partial charge in [0.2, 0.25) is 15.9 Å². The average Bonchev–Trinajstić information content (AvgIpc) is 2.64. The minimum absolute atomic E-state index is 0.00745. The van der Waals surface area contributed by atoms with Crippen LogP contribution in [0.1, 0.15) is 11.1 Å². The van der Waals surface area contributed by atoms with Crippen LogP contribution in [0.2, 0.25) is 10.0 Å². The van der Waals surface area contributed by atoms with E-state index in [1.54, 1.807) is 49.5 Å². The van der Waals surface area contributed by atoms with Gasteiger partial charge in [-0.2, -0.15) is 0 Å². The first-order valence-electron chi connectivity index (χ1n) is 7.98. The van der Waals surface area contributed by atoms with Crippen molar-refractivity contribution in [1.82, 2.24) is 9.71 Å². The lowest BCUT2D eigenvalue weighted by Crippen LogP contribution is -2.23. The van der Waals surface area contributed by atoms with Crippen molar-refractivity contribution in [3.05, 3.63) is 82.0 Å². The van der Waals surface area contributed by atoms with Crippen molar-refractivity contribution in [3.63, 3.8) is 0 Å². The van der Waals surface area contributed by atoms with Gasteiger partial charge >= 0.3 is 0 Å². The predicted molar refractivity (Wildman–Crippen MR) is 106 cm³/mol. The third-order valence-corrected chi connectivity index (χ3v) is 6.00. The summed E-state index contributed by atoms with van der Waals surface area (Å²) in [5.74, 6) is 1.02. The van der Waals surface area contributed by atoms with Crippen LogP contribution in [0.3, 0.4) is 0 Å². The van der Waals surface area contributed by atoms with Gasteiger partial charge in [0.25, 0.3) is 0 Å². The largest absolute Gasteiger partial charge is 0.439 e. The number of pyridine rings is 1. The van der Waals surface area contributed by atoms with Crippen LogP contribution >= 0.6 is 23.2 Å². The van der Waals surface area contributed by atoms with Crippen molar-refractivity contribution in [2.75, 3.05) is 0 Å². The van der Waals surface area contributed by atoms with Crippen LogP contribution in [0.4, 0.5) is 0 Å². The number of hydrogen-bond acceptors (Lipinski definition) is 4. The standard InChI is InChI=1S/C19H16Cl2N2O3S/c1-13-9-18(17(21)11-16(13)20)27(24,25)23-12-14-5-4-6-15(10-14)26-19-7-2-3-8-22-19/h2-11,23H,12H2,1H3. The van der Waals surface area contributed by atoms with Crippen molar-refractivity contribution in [2.45, 2.75) is 18.4 Å². The second-order valence-electron chi connectivity index (χ2n) is 5.77. The zero-order valence-corrected chi connectivity index (χ0v) is 16.6. The molecular weight excluding hydrogens is 407 g/mol. The first kappa shape index (κ1) is 19.6. The van der Waals surface area contributed by atoms with Crippen LogP contribution in [0.15, 0.2) is 65.7 Å². The summed E-state index contributed by atoms with van der Waals surface area (Å²) in [5, 5.41) is 0.489. The Hall–Kier alpha value is -2.12. The maximum atomic E-state index is 12.6. The number of aryl methyl sites for hydroxylation is 1. The number of ether oxygens (including phenoxy) is 1. The summed E-state index contributed by atoms with van der Waals surface area (Å²) in [7, 11) is -3.79. The van der Waals surface area contributed by atoms with Crippen LogP contribution in [-0.4, -0.2) is 13.4 Å². The highest BCUT2D eigenvalue weighted by Crippen LogP contribution is 2.28. The molecule has 27 heavy (non-hydrogen) atoms. The van der Waals surface area contributed by atoms with E-state index < -0.39 is 10.0 Å². The van der Waals surface area contributed by atoms with Crippen molar-refractivity contribution in [3.8, 4) is 11.6 Å². The van der Waals surface area contributed by atoms with Crippen LogP contribution in [-0.2, 0) is 16.6 Å². The fraction of sp³-hybridized carbons (Fsp3) is 0.105. The Balaban J connectivity index is 1.75. The second kappa shape index (κ2) is 8.27. The van der Waals surface area contributed by atoms with E-state index in [1.807, 2.05) is 6.07 Å². The van der Waals surface area contributed by atoms with Gasteiger partial charge in [-0.25, -0.2) is 18.1 Å². The Morgan fingerprint density at radius 3 is 2.59 bits per heavy atom. The SMILES string of the molecule is Cc1cc(S(=O)(=O)NCc2cccc(Oc3ccccn3)c2)c(Cl)cc1Cl. The molecule has 0 bridgehead atoms. The smallest absolute Gasteiger partial charge is 0.242 e. The lowest BCUT2D eigenvalue weighted by atomic mass is 10.2. The molecule has 1 aromatic heterocycles. The van der Waals surface area contributed by atoms with Crippen LogP contribution in [0.5, 0.6) is 11.6 Å². The van der Waals surface area contributed by atoms with Crippen molar-refractivity contribution in [1.29, 1.82) is 0 Å². The summed E-state index contributed by atoms with van der Waals surface area (Å²) >= 11 is 12.0. The maximum Gasteiger partial charge on any atom is 0.242 e. The monoisotopic (exact) mass is 422 g/mol. The number of sulfonamides is 1. The van der Waals surface area contributed by atoms with Gasteiger partial charge in [-0.15, -0.1) is 0 Å². The van der Waals surface area contributed by atoms with Gasteiger partial charge in [-0.05, 0) is 48.4 Å². The minimum Gasteiger partial charge on any atom is -0.439 e. The van der Waals surface area contributed by atoms with Crippen molar-refractivity contribution >= 4 is 33.2 Å². The molecule has 0 amide bonds. The molecule has 0 spiro atoms. The molecule has 5 nitrogen and oxygen atoms in total. The summed E-state index contributed by atoms with van der Waals surface area (Å²) in [5.41, 5.74) is 1.36. The van der Waals surface area contributed by atoms with E-state index in [0.29, 0.717) is 22.2 Å². The number of benzene rings is 2. The quantitative estimate of drug-likeness (QED) is 0.608. The van der Waals surface area contributed by atoms with E-state index >= 15 is 0 Å². The van der Waals surface area contributed by atoms with Crippen LogP contribution in [0.25, 0.3) is 0 Å². The lowest BCUT2D eigenvalue weighted by Gasteiger charge is -2.11. The Kier molecular flexibility index (Phi) is 6.01. The summed E-state index contributed by atoms with van der Waals surface area (Å²) in [6.07, 6.45) is 1.63. The van der Waals surface area contributed by atoms with Gasteiger partial charge < -0.3 is 4.74 Å². The molecule has 3 rings (SSSR count). The van der Waals surface area contributed by atoms with Crippen LogP contribution in [0, 0.1) is 6.92 Å². The summed E-state index contributed by atoms with van der Waals surface area (Å²) < 4.78 is 33.4. The molecule has 1 N–H and O–H groups in total. The fourth-order valence-corrected chi connectivity index (χ4v) is 4.19. The Bertz CT molecular complexity index is 1060. The Labute approximate surface area is 168 Å². The highest BCUT2D eigenvalue weighted by molar-refractivity contribution is 7.89. The highest BCUT2D eigenvalue weighted by atomic mass is 35.5. The van der Waals surface area contributed by atoms with E-state index in [9.17, 15) is 8.42 Å². The van der Waals surface area contributed by atoms with Gasteiger partial charge in [0.05, 0.1) is 5.02 Å². The molecule has 0 fully saturated rings. The average molecular weight is 423 g/mol. The topological polar surface area (TPSA) is 68.3 Å². The molecular formula is C19H16Cl2N2O3S. The third-order valence-electron chi connectivity index (χ3n) is 3.73. The van der Waals surface area contributed by atoms with Gasteiger partial charge in [0, 0.05) is 23.8 Å². The number of aromatic nitrogens is 1. The second-order valence-corrected chi connectivity index (χ2v) is 8.32. The summed E-state index contributed by atoms with van der Waals surface area (Å²) in [4.78, 5) is 4.09. The zero-order chi connectivity index (χ0) is 19.4. The number of rotatable bonds is 6. The van der Waals surface area contributed by atoms with Gasteiger partial charge in [0.1, 0.15) is 10.6 Å². The minimum atomic E-state index is -3.79. The molecule has 0 aliphatic carbocycles. The summed E-state index contributed by atoms with van der Waals surface area (Å²) in [6, 6.07) is 15.3. The first-order chi connectivity index (χ1) is 12.8. The van der Waals surface area contributed by atoms with E-state index in [2.05, 4.69) is 9.71 Å². The molecule has 0 unspecified atom stereocenters. The molecule has 2 aromatic carbocycles. The molecule has 0 atom stereocenters. The van der Waals surface area contributed by atoms with Crippen molar-refractivity contribution in [2.24, 2.45) is 0 Å². The number of nitrogens with one attached hydrogen (secondary N) is 1. The van der Waals surface area contributed by atoms with Gasteiger partial charge in [-0.3, -0.25) is 0 Å². The normalized spacial score (nSPS) is 11.4. The molecule has 8 heteroatoms. The molecule has 1 heterocycles. The van der Waals surface area contributed by atoms with E-state index in [0.717, 1.165) is 5.56 Å². The lowest BCUT2D eigenvalue weighted by molar-refractivity contribution is 0.462.